The molecule has 6 nitrogen and oxygen atoms in total. The SMILES string of the molecule is COc1ccc(NC(N)=NCCCN2CC(C)CC(C)C2)cc1OC.I. The minimum atomic E-state index is 0. The van der Waals surface area contributed by atoms with Gasteiger partial charge in [-0.25, -0.2) is 0 Å². The summed E-state index contributed by atoms with van der Waals surface area (Å²) in [5.74, 6) is 3.36. The normalized spacial score (nSPS) is 21.0. The number of guanidine groups is 1. The van der Waals surface area contributed by atoms with E-state index in [1.807, 2.05) is 18.2 Å². The Morgan fingerprint density at radius 3 is 2.46 bits per heavy atom. The molecule has 0 amide bonds. The molecule has 2 rings (SSSR count). The molecule has 1 aliphatic rings. The summed E-state index contributed by atoms with van der Waals surface area (Å²) < 4.78 is 10.5. The van der Waals surface area contributed by atoms with Gasteiger partial charge in [0.2, 0.25) is 0 Å². The molecule has 3 N–H and O–H groups in total. The Morgan fingerprint density at radius 2 is 1.85 bits per heavy atom. The quantitative estimate of drug-likeness (QED) is 0.273. The second-order valence-corrected chi connectivity index (χ2v) is 7.02. The molecule has 0 saturated carbocycles. The highest BCUT2D eigenvalue weighted by atomic mass is 127. The van der Waals surface area contributed by atoms with Gasteiger partial charge in [-0.15, -0.1) is 24.0 Å². The number of ether oxygens (including phenoxy) is 2. The number of methoxy groups -OCH3 is 2. The van der Waals surface area contributed by atoms with Gasteiger partial charge in [0.15, 0.2) is 17.5 Å². The van der Waals surface area contributed by atoms with Gasteiger partial charge in [0.25, 0.3) is 0 Å². The second-order valence-electron chi connectivity index (χ2n) is 7.02. The van der Waals surface area contributed by atoms with Crippen LogP contribution in [0.3, 0.4) is 0 Å². The number of nitrogens with one attached hydrogen (secondary N) is 1. The topological polar surface area (TPSA) is 72.1 Å². The van der Waals surface area contributed by atoms with E-state index in [0.717, 1.165) is 37.0 Å². The molecule has 1 aliphatic heterocycles. The van der Waals surface area contributed by atoms with Crippen LogP contribution in [0.5, 0.6) is 11.5 Å². The third kappa shape index (κ3) is 7.19. The van der Waals surface area contributed by atoms with Crippen molar-refractivity contribution in [2.45, 2.75) is 26.7 Å². The largest absolute Gasteiger partial charge is 0.493 e. The third-order valence-corrected chi connectivity index (χ3v) is 4.52. The maximum atomic E-state index is 5.98. The van der Waals surface area contributed by atoms with Crippen LogP contribution in [0.25, 0.3) is 0 Å². The summed E-state index contributed by atoms with van der Waals surface area (Å²) in [4.78, 5) is 6.97. The fraction of sp³-hybridized carbons (Fsp3) is 0.632. The van der Waals surface area contributed by atoms with E-state index in [9.17, 15) is 0 Å². The Hall–Kier alpha value is -1.22. The molecule has 2 atom stereocenters. The minimum Gasteiger partial charge on any atom is -0.493 e. The van der Waals surface area contributed by atoms with Crippen LogP contribution in [0.15, 0.2) is 23.2 Å². The van der Waals surface area contributed by atoms with E-state index in [2.05, 4.69) is 29.1 Å². The molecule has 2 unspecified atom stereocenters. The number of nitrogens with two attached hydrogens (primary N) is 1. The van der Waals surface area contributed by atoms with Gasteiger partial charge in [-0.05, 0) is 43.4 Å². The first-order valence-corrected chi connectivity index (χ1v) is 9.03. The molecule has 148 valence electrons. The van der Waals surface area contributed by atoms with E-state index >= 15 is 0 Å². The lowest BCUT2D eigenvalue weighted by atomic mass is 9.92. The molecular formula is C19H33IN4O2. The number of piperidine rings is 1. The second kappa shape index (κ2) is 11.5. The molecule has 0 bridgehead atoms. The zero-order chi connectivity index (χ0) is 18.2. The molecule has 0 spiro atoms. The Kier molecular flexibility index (Phi) is 10.1. The van der Waals surface area contributed by atoms with Crippen molar-refractivity contribution in [2.24, 2.45) is 22.6 Å². The number of benzene rings is 1. The predicted octanol–water partition coefficient (Wildman–Crippen LogP) is 3.42. The van der Waals surface area contributed by atoms with Crippen molar-refractivity contribution in [2.75, 3.05) is 45.7 Å². The monoisotopic (exact) mass is 476 g/mol. The van der Waals surface area contributed by atoms with Crippen LogP contribution < -0.4 is 20.5 Å². The summed E-state index contributed by atoms with van der Waals surface area (Å²) in [5.41, 5.74) is 6.82. The number of nitrogens with zero attached hydrogens (tertiary/aromatic N) is 2. The van der Waals surface area contributed by atoms with E-state index in [4.69, 9.17) is 15.2 Å². The number of hydrogen-bond acceptors (Lipinski definition) is 4. The van der Waals surface area contributed by atoms with Gasteiger partial charge in [-0.1, -0.05) is 13.8 Å². The van der Waals surface area contributed by atoms with Crippen LogP contribution in [0.1, 0.15) is 26.7 Å². The van der Waals surface area contributed by atoms with Gasteiger partial charge in [0.1, 0.15) is 0 Å². The molecule has 0 aromatic heterocycles. The lowest BCUT2D eigenvalue weighted by Gasteiger charge is -2.34. The van der Waals surface area contributed by atoms with Crippen LogP contribution in [0, 0.1) is 11.8 Å². The van der Waals surface area contributed by atoms with Gasteiger partial charge in [-0.2, -0.15) is 0 Å². The van der Waals surface area contributed by atoms with Crippen LogP contribution in [0.2, 0.25) is 0 Å². The summed E-state index contributed by atoms with van der Waals surface area (Å²) in [6.07, 6.45) is 2.37. The van der Waals surface area contributed by atoms with Gasteiger partial charge >= 0.3 is 0 Å². The van der Waals surface area contributed by atoms with E-state index in [0.29, 0.717) is 17.5 Å². The van der Waals surface area contributed by atoms with E-state index in [-0.39, 0.29) is 24.0 Å². The summed E-state index contributed by atoms with van der Waals surface area (Å²) in [7, 11) is 3.23. The highest BCUT2D eigenvalue weighted by Gasteiger charge is 2.20. The van der Waals surface area contributed by atoms with E-state index in [1.54, 1.807) is 14.2 Å². The summed E-state index contributed by atoms with van der Waals surface area (Å²) in [5, 5.41) is 3.10. The number of aliphatic imine (C=N–C) groups is 1. The van der Waals surface area contributed by atoms with Crippen LogP contribution in [0.4, 0.5) is 5.69 Å². The van der Waals surface area contributed by atoms with Crippen molar-refractivity contribution in [3.05, 3.63) is 18.2 Å². The zero-order valence-corrected chi connectivity index (χ0v) is 18.7. The standard InChI is InChI=1S/C19H32N4O2.HI/c1-14-10-15(2)13-23(12-14)9-5-8-21-19(20)22-16-6-7-17(24-3)18(11-16)25-4;/h6-7,11,14-15H,5,8-10,12-13H2,1-4H3,(H3,20,21,22);1H. The average Bonchev–Trinajstić information content (AvgIpc) is 2.57. The fourth-order valence-electron chi connectivity index (χ4n) is 3.57. The lowest BCUT2D eigenvalue weighted by Crippen LogP contribution is -2.39. The average molecular weight is 476 g/mol. The van der Waals surface area contributed by atoms with Crippen molar-refractivity contribution in [1.82, 2.24) is 4.90 Å². The molecule has 1 heterocycles. The third-order valence-electron chi connectivity index (χ3n) is 4.52. The molecule has 7 heteroatoms. The first-order valence-electron chi connectivity index (χ1n) is 9.03. The first kappa shape index (κ1) is 22.8. The van der Waals surface area contributed by atoms with Crippen molar-refractivity contribution in [3.63, 3.8) is 0 Å². The maximum Gasteiger partial charge on any atom is 0.193 e. The van der Waals surface area contributed by atoms with Crippen molar-refractivity contribution in [1.29, 1.82) is 0 Å². The first-order chi connectivity index (χ1) is 12.0. The Morgan fingerprint density at radius 1 is 1.19 bits per heavy atom. The van der Waals surface area contributed by atoms with Crippen molar-refractivity contribution < 1.29 is 9.47 Å². The molecule has 26 heavy (non-hydrogen) atoms. The number of likely N-dealkylation sites (tertiary alicyclic amines) is 1. The molecular weight excluding hydrogens is 443 g/mol. The van der Waals surface area contributed by atoms with Crippen LogP contribution in [-0.4, -0.2) is 51.3 Å². The number of halogens is 1. The van der Waals surface area contributed by atoms with E-state index in [1.165, 1.54) is 19.5 Å². The predicted molar refractivity (Wildman–Crippen MR) is 119 cm³/mol. The number of hydrogen-bond donors (Lipinski definition) is 2. The summed E-state index contributed by atoms with van der Waals surface area (Å²) in [6.45, 7) is 8.89. The van der Waals surface area contributed by atoms with E-state index < -0.39 is 0 Å². The lowest BCUT2D eigenvalue weighted by molar-refractivity contribution is 0.140. The van der Waals surface area contributed by atoms with Gasteiger partial charge < -0.3 is 25.4 Å². The Bertz CT molecular complexity index is 573. The highest BCUT2D eigenvalue weighted by Crippen LogP contribution is 2.29. The summed E-state index contributed by atoms with van der Waals surface area (Å²) >= 11 is 0. The maximum absolute atomic E-state index is 5.98. The van der Waals surface area contributed by atoms with Crippen molar-refractivity contribution >= 4 is 35.6 Å². The smallest absolute Gasteiger partial charge is 0.193 e. The molecule has 0 radical (unpaired) electrons. The summed E-state index contributed by atoms with van der Waals surface area (Å²) in [6, 6.07) is 5.57. The molecule has 1 saturated heterocycles. The molecule has 1 aromatic carbocycles. The van der Waals surface area contributed by atoms with Gasteiger partial charge in [0.05, 0.1) is 14.2 Å². The van der Waals surface area contributed by atoms with Gasteiger partial charge in [-0.3, -0.25) is 4.99 Å². The fourth-order valence-corrected chi connectivity index (χ4v) is 3.57. The van der Waals surface area contributed by atoms with Crippen LogP contribution in [-0.2, 0) is 0 Å². The number of rotatable bonds is 7. The molecule has 1 aromatic rings. The molecule has 0 aliphatic carbocycles. The molecule has 1 fully saturated rings. The Balaban J connectivity index is 0.00000338. The van der Waals surface area contributed by atoms with Crippen molar-refractivity contribution in [3.8, 4) is 11.5 Å². The number of anilines is 1. The van der Waals surface area contributed by atoms with Gasteiger partial charge in [0, 0.05) is 31.4 Å². The zero-order valence-electron chi connectivity index (χ0n) is 16.3. The highest BCUT2D eigenvalue weighted by molar-refractivity contribution is 14.0. The minimum absolute atomic E-state index is 0. The Labute approximate surface area is 174 Å². The van der Waals surface area contributed by atoms with Crippen LogP contribution >= 0.6 is 24.0 Å².